The van der Waals surface area contributed by atoms with Crippen LogP contribution in [0.2, 0.25) is 10.0 Å². The van der Waals surface area contributed by atoms with E-state index >= 15 is 0 Å². The number of rotatable bonds is 4. The smallest absolute Gasteiger partial charge is 0.337 e. The first-order valence-corrected chi connectivity index (χ1v) is 6.55. The molecule has 2 rings (SSSR count). The SMILES string of the molecule is O=C(O)c1cc(Cc2ncnc(C(F)F)c2Cl)c(F)cc1Cl. The Labute approximate surface area is 132 Å². The van der Waals surface area contributed by atoms with E-state index in [4.69, 9.17) is 28.3 Å². The molecule has 0 amide bonds. The fourth-order valence-corrected chi connectivity index (χ4v) is 2.25. The van der Waals surface area contributed by atoms with E-state index in [1.54, 1.807) is 0 Å². The molecule has 0 spiro atoms. The molecule has 0 fully saturated rings. The molecule has 9 heteroatoms. The van der Waals surface area contributed by atoms with Gasteiger partial charge < -0.3 is 5.11 Å². The van der Waals surface area contributed by atoms with Gasteiger partial charge in [-0.2, -0.15) is 0 Å². The number of benzene rings is 1. The molecule has 1 aromatic heterocycles. The number of nitrogens with zero attached hydrogens (tertiary/aromatic N) is 2. The Kier molecular flexibility index (Phi) is 4.87. The zero-order chi connectivity index (χ0) is 16.4. The predicted octanol–water partition coefficient (Wildman–Crippen LogP) is 4.15. The van der Waals surface area contributed by atoms with Gasteiger partial charge in [0.05, 0.1) is 21.3 Å². The summed E-state index contributed by atoms with van der Waals surface area (Å²) in [6.45, 7) is 0. The number of carboxylic acid groups (broad SMARTS) is 1. The lowest BCUT2D eigenvalue weighted by atomic mass is 10.0. The van der Waals surface area contributed by atoms with Crippen LogP contribution in [-0.2, 0) is 6.42 Å². The van der Waals surface area contributed by atoms with Crippen LogP contribution in [0.25, 0.3) is 0 Å². The number of hydrogen-bond donors (Lipinski definition) is 1. The van der Waals surface area contributed by atoms with E-state index in [-0.39, 0.29) is 33.3 Å². The zero-order valence-electron chi connectivity index (χ0n) is 10.7. The summed E-state index contributed by atoms with van der Waals surface area (Å²) < 4.78 is 39.3. The molecule has 2 aromatic rings. The minimum Gasteiger partial charge on any atom is -0.478 e. The molecule has 0 aliphatic rings. The molecule has 116 valence electrons. The van der Waals surface area contributed by atoms with Gasteiger partial charge >= 0.3 is 5.97 Å². The number of carboxylic acids is 1. The molecule has 22 heavy (non-hydrogen) atoms. The van der Waals surface area contributed by atoms with Crippen molar-refractivity contribution in [2.45, 2.75) is 12.8 Å². The molecule has 0 atom stereocenters. The molecule has 0 bridgehead atoms. The van der Waals surface area contributed by atoms with Gasteiger partial charge in [0.2, 0.25) is 0 Å². The molecule has 4 nitrogen and oxygen atoms in total. The minimum atomic E-state index is -2.90. The van der Waals surface area contributed by atoms with E-state index in [2.05, 4.69) is 9.97 Å². The zero-order valence-corrected chi connectivity index (χ0v) is 12.2. The second kappa shape index (κ2) is 6.50. The Morgan fingerprint density at radius 3 is 2.55 bits per heavy atom. The largest absolute Gasteiger partial charge is 0.478 e. The number of halogens is 5. The van der Waals surface area contributed by atoms with E-state index in [1.165, 1.54) is 0 Å². The third kappa shape index (κ3) is 3.31. The van der Waals surface area contributed by atoms with Crippen molar-refractivity contribution in [2.24, 2.45) is 0 Å². The van der Waals surface area contributed by atoms with Gasteiger partial charge in [-0.15, -0.1) is 0 Å². The summed E-state index contributed by atoms with van der Waals surface area (Å²) in [6, 6.07) is 1.85. The van der Waals surface area contributed by atoms with Crippen LogP contribution in [0.15, 0.2) is 18.5 Å². The minimum absolute atomic E-state index is 0.0375. The molecule has 1 aromatic carbocycles. The molecule has 0 aliphatic carbocycles. The maximum atomic E-state index is 13.9. The topological polar surface area (TPSA) is 63.1 Å². The average molecular weight is 351 g/mol. The van der Waals surface area contributed by atoms with Gasteiger partial charge in [-0.05, 0) is 17.7 Å². The lowest BCUT2D eigenvalue weighted by molar-refractivity contribution is 0.0697. The van der Waals surface area contributed by atoms with Crippen molar-refractivity contribution in [3.8, 4) is 0 Å². The third-order valence-corrected chi connectivity index (χ3v) is 3.54. The fourth-order valence-electron chi connectivity index (χ4n) is 1.77. The Hall–Kier alpha value is -1.86. The van der Waals surface area contributed by atoms with Crippen molar-refractivity contribution in [2.75, 3.05) is 0 Å². The van der Waals surface area contributed by atoms with Crippen LogP contribution < -0.4 is 0 Å². The number of carbonyl (C=O) groups is 1. The van der Waals surface area contributed by atoms with Crippen molar-refractivity contribution in [3.05, 3.63) is 56.8 Å². The van der Waals surface area contributed by atoms with Crippen LogP contribution in [0.4, 0.5) is 13.2 Å². The molecule has 1 N–H and O–H groups in total. The van der Waals surface area contributed by atoms with Gasteiger partial charge in [-0.1, -0.05) is 23.2 Å². The average Bonchev–Trinajstić information content (AvgIpc) is 2.43. The van der Waals surface area contributed by atoms with E-state index in [9.17, 15) is 18.0 Å². The lowest BCUT2D eigenvalue weighted by Crippen LogP contribution is -2.05. The first kappa shape index (κ1) is 16.5. The molecular weight excluding hydrogens is 344 g/mol. The van der Waals surface area contributed by atoms with Crippen LogP contribution in [-0.4, -0.2) is 21.0 Å². The van der Waals surface area contributed by atoms with Crippen molar-refractivity contribution >= 4 is 29.2 Å². The van der Waals surface area contributed by atoms with Crippen LogP contribution in [0.5, 0.6) is 0 Å². The Bertz CT molecular complexity index is 741. The monoisotopic (exact) mass is 350 g/mol. The second-order valence-electron chi connectivity index (χ2n) is 4.23. The normalized spacial score (nSPS) is 11.0. The highest BCUT2D eigenvalue weighted by molar-refractivity contribution is 6.33. The summed E-state index contributed by atoms with van der Waals surface area (Å²) in [6.07, 6.45) is -2.29. The van der Waals surface area contributed by atoms with E-state index in [0.717, 1.165) is 18.5 Å². The fraction of sp³-hybridized carbons (Fsp3) is 0.154. The Morgan fingerprint density at radius 2 is 1.95 bits per heavy atom. The summed E-state index contributed by atoms with van der Waals surface area (Å²) in [5.41, 5.74) is -1.09. The molecular formula is C13H7Cl2F3N2O2. The van der Waals surface area contributed by atoms with Crippen LogP contribution in [0.1, 0.15) is 33.7 Å². The summed E-state index contributed by atoms with van der Waals surface area (Å²) in [4.78, 5) is 18.1. The first-order chi connectivity index (χ1) is 10.3. The highest BCUT2D eigenvalue weighted by atomic mass is 35.5. The highest BCUT2D eigenvalue weighted by Crippen LogP contribution is 2.29. The van der Waals surface area contributed by atoms with Gasteiger partial charge in [0.15, 0.2) is 0 Å². The van der Waals surface area contributed by atoms with Crippen LogP contribution in [0.3, 0.4) is 0 Å². The van der Waals surface area contributed by atoms with Crippen LogP contribution >= 0.6 is 23.2 Å². The number of aromatic nitrogens is 2. The van der Waals surface area contributed by atoms with Gasteiger partial charge in [-0.3, -0.25) is 0 Å². The Morgan fingerprint density at radius 1 is 1.27 bits per heavy atom. The predicted molar refractivity (Wildman–Crippen MR) is 73.2 cm³/mol. The second-order valence-corrected chi connectivity index (χ2v) is 5.01. The molecule has 0 saturated heterocycles. The van der Waals surface area contributed by atoms with Gasteiger partial charge in [-0.25, -0.2) is 27.9 Å². The summed E-state index contributed by atoms with van der Waals surface area (Å²) in [7, 11) is 0. The maximum absolute atomic E-state index is 13.9. The van der Waals surface area contributed by atoms with Crippen molar-refractivity contribution in [3.63, 3.8) is 0 Å². The van der Waals surface area contributed by atoms with Crippen molar-refractivity contribution in [1.82, 2.24) is 9.97 Å². The third-order valence-electron chi connectivity index (χ3n) is 2.82. The van der Waals surface area contributed by atoms with Crippen LogP contribution in [0, 0.1) is 5.82 Å². The number of aromatic carboxylic acids is 1. The first-order valence-electron chi connectivity index (χ1n) is 5.80. The number of hydrogen-bond acceptors (Lipinski definition) is 3. The van der Waals surface area contributed by atoms with E-state index in [0.29, 0.717) is 0 Å². The van der Waals surface area contributed by atoms with Crippen molar-refractivity contribution in [1.29, 1.82) is 0 Å². The highest BCUT2D eigenvalue weighted by Gasteiger charge is 2.20. The Balaban J connectivity index is 2.46. The summed E-state index contributed by atoms with van der Waals surface area (Å²) >= 11 is 11.4. The maximum Gasteiger partial charge on any atom is 0.337 e. The molecule has 1 heterocycles. The van der Waals surface area contributed by atoms with E-state index < -0.39 is 23.9 Å². The van der Waals surface area contributed by atoms with Gasteiger partial charge in [0, 0.05) is 6.42 Å². The number of alkyl halides is 2. The summed E-state index contributed by atoms with van der Waals surface area (Å²) in [5.74, 6) is -2.13. The molecule has 0 saturated carbocycles. The molecule has 0 radical (unpaired) electrons. The van der Waals surface area contributed by atoms with Gasteiger partial charge in [0.25, 0.3) is 6.43 Å². The summed E-state index contributed by atoms with van der Waals surface area (Å²) in [5, 5.41) is 8.31. The molecule has 0 unspecified atom stereocenters. The van der Waals surface area contributed by atoms with E-state index in [1.807, 2.05) is 0 Å². The molecule has 0 aliphatic heterocycles. The van der Waals surface area contributed by atoms with Crippen molar-refractivity contribution < 1.29 is 23.1 Å². The standard InChI is InChI=1S/C13H7Cl2F3N2O2/c14-7-3-8(16)5(1-6(7)13(21)22)2-9-10(15)11(12(17)18)20-4-19-9/h1,3-4,12H,2H2,(H,21,22). The van der Waals surface area contributed by atoms with Gasteiger partial charge in [0.1, 0.15) is 17.8 Å². The quantitative estimate of drug-likeness (QED) is 0.899. The lowest BCUT2D eigenvalue weighted by Gasteiger charge is -2.09.